The van der Waals surface area contributed by atoms with Crippen LogP contribution in [0.5, 0.6) is 0 Å². The molecule has 2 aromatic carbocycles. The zero-order valence-electron chi connectivity index (χ0n) is 14.4. The molecule has 0 saturated carbocycles. The number of rotatable bonds is 6. The Bertz CT molecular complexity index is 667. The maximum atomic E-state index is 12.3. The number of hydrogen-bond donors (Lipinski definition) is 2. The average molecular weight is 339 g/mol. The highest BCUT2D eigenvalue weighted by molar-refractivity contribution is 5.95. The molecule has 0 spiro atoms. The van der Waals surface area contributed by atoms with Crippen LogP contribution in [0.25, 0.3) is 0 Å². The standard InChI is InChI=1S/C20H25N3O2/c21-19(17-4-2-1-3-5-17)20(24)22-18-8-6-16(7-9-18)10-11-23-12-14-25-15-13-23/h1-9,19H,10-15,21H2,(H,22,24). The molecule has 3 N–H and O–H groups in total. The summed E-state index contributed by atoms with van der Waals surface area (Å²) in [6, 6.07) is 16.7. The Morgan fingerprint density at radius 2 is 1.76 bits per heavy atom. The summed E-state index contributed by atoms with van der Waals surface area (Å²) in [5.74, 6) is -0.202. The van der Waals surface area contributed by atoms with Crippen LogP contribution in [0.3, 0.4) is 0 Å². The molecule has 1 saturated heterocycles. The topological polar surface area (TPSA) is 67.6 Å². The van der Waals surface area contributed by atoms with Crippen LogP contribution in [0.1, 0.15) is 17.2 Å². The highest BCUT2D eigenvalue weighted by atomic mass is 16.5. The molecule has 3 rings (SSSR count). The molecule has 0 bridgehead atoms. The predicted octanol–water partition coefficient (Wildman–Crippen LogP) is 2.20. The van der Waals surface area contributed by atoms with Gasteiger partial charge in [-0.2, -0.15) is 0 Å². The van der Waals surface area contributed by atoms with Crippen LogP contribution in [0.2, 0.25) is 0 Å². The fraction of sp³-hybridized carbons (Fsp3) is 0.350. The lowest BCUT2D eigenvalue weighted by Crippen LogP contribution is -2.37. The van der Waals surface area contributed by atoms with E-state index in [0.717, 1.165) is 50.5 Å². The van der Waals surface area contributed by atoms with E-state index in [-0.39, 0.29) is 5.91 Å². The number of benzene rings is 2. The minimum Gasteiger partial charge on any atom is -0.379 e. The number of nitrogens with zero attached hydrogens (tertiary/aromatic N) is 1. The molecule has 5 heteroatoms. The molecule has 5 nitrogen and oxygen atoms in total. The third kappa shape index (κ3) is 5.13. The summed E-state index contributed by atoms with van der Waals surface area (Å²) in [6.45, 7) is 4.70. The maximum absolute atomic E-state index is 12.3. The van der Waals surface area contributed by atoms with Gasteiger partial charge in [0.2, 0.25) is 5.91 Å². The molecule has 0 radical (unpaired) electrons. The highest BCUT2D eigenvalue weighted by Crippen LogP contribution is 2.15. The van der Waals surface area contributed by atoms with Crippen molar-refractivity contribution in [2.24, 2.45) is 5.73 Å². The Kier molecular flexibility index (Phi) is 6.17. The molecule has 1 heterocycles. The van der Waals surface area contributed by atoms with Gasteiger partial charge in [0.1, 0.15) is 6.04 Å². The van der Waals surface area contributed by atoms with Gasteiger partial charge in [-0.1, -0.05) is 42.5 Å². The first-order valence-corrected chi connectivity index (χ1v) is 8.73. The monoisotopic (exact) mass is 339 g/mol. The molecule has 1 atom stereocenters. The Balaban J connectivity index is 1.50. The molecular formula is C20H25N3O2. The fourth-order valence-electron chi connectivity index (χ4n) is 2.90. The predicted molar refractivity (Wildman–Crippen MR) is 99.4 cm³/mol. The largest absolute Gasteiger partial charge is 0.379 e. The summed E-state index contributed by atoms with van der Waals surface area (Å²) in [4.78, 5) is 14.7. The summed E-state index contributed by atoms with van der Waals surface area (Å²) >= 11 is 0. The molecule has 1 amide bonds. The van der Waals surface area contributed by atoms with Crippen molar-refractivity contribution in [2.75, 3.05) is 38.2 Å². The maximum Gasteiger partial charge on any atom is 0.245 e. The second-order valence-electron chi connectivity index (χ2n) is 6.28. The van der Waals surface area contributed by atoms with Crippen molar-refractivity contribution < 1.29 is 9.53 Å². The number of hydrogen-bond acceptors (Lipinski definition) is 4. The Labute approximate surface area is 148 Å². The average Bonchev–Trinajstić information content (AvgIpc) is 2.68. The molecule has 132 valence electrons. The SMILES string of the molecule is NC(C(=O)Nc1ccc(CCN2CCOCC2)cc1)c1ccccc1. The summed E-state index contributed by atoms with van der Waals surface area (Å²) in [6.07, 6.45) is 0.998. The number of carbonyl (C=O) groups excluding carboxylic acids is 1. The van der Waals surface area contributed by atoms with Crippen LogP contribution in [-0.2, 0) is 16.0 Å². The van der Waals surface area contributed by atoms with Crippen LogP contribution in [0, 0.1) is 0 Å². The third-order valence-corrected chi connectivity index (χ3v) is 4.48. The molecular weight excluding hydrogens is 314 g/mol. The molecule has 1 unspecified atom stereocenters. The van der Waals surface area contributed by atoms with E-state index in [1.807, 2.05) is 42.5 Å². The second kappa shape index (κ2) is 8.76. The quantitative estimate of drug-likeness (QED) is 0.847. The van der Waals surface area contributed by atoms with Gasteiger partial charge in [0.25, 0.3) is 0 Å². The van der Waals surface area contributed by atoms with E-state index in [1.165, 1.54) is 5.56 Å². The number of morpholine rings is 1. The minimum atomic E-state index is -0.665. The molecule has 25 heavy (non-hydrogen) atoms. The summed E-state index contributed by atoms with van der Waals surface area (Å²) in [5.41, 5.74) is 8.86. The van der Waals surface area contributed by atoms with Crippen molar-refractivity contribution in [3.8, 4) is 0 Å². The number of carbonyl (C=O) groups is 1. The van der Waals surface area contributed by atoms with Crippen molar-refractivity contribution in [1.82, 2.24) is 4.90 Å². The minimum absolute atomic E-state index is 0.202. The number of nitrogens with one attached hydrogen (secondary N) is 1. The normalized spacial score (nSPS) is 16.4. The highest BCUT2D eigenvalue weighted by Gasteiger charge is 2.15. The lowest BCUT2D eigenvalue weighted by molar-refractivity contribution is -0.117. The first-order valence-electron chi connectivity index (χ1n) is 8.73. The van der Waals surface area contributed by atoms with Gasteiger partial charge >= 0.3 is 0 Å². The van der Waals surface area contributed by atoms with Gasteiger partial charge in [-0.15, -0.1) is 0 Å². The zero-order valence-corrected chi connectivity index (χ0v) is 14.4. The number of ether oxygens (including phenoxy) is 1. The van der Waals surface area contributed by atoms with Gasteiger partial charge in [0.05, 0.1) is 13.2 Å². The molecule has 0 aromatic heterocycles. The van der Waals surface area contributed by atoms with Gasteiger partial charge in [0.15, 0.2) is 0 Å². The lowest BCUT2D eigenvalue weighted by atomic mass is 10.1. The van der Waals surface area contributed by atoms with Crippen molar-refractivity contribution in [3.63, 3.8) is 0 Å². The van der Waals surface area contributed by atoms with Gasteiger partial charge in [0, 0.05) is 25.3 Å². The smallest absolute Gasteiger partial charge is 0.245 e. The van der Waals surface area contributed by atoms with Gasteiger partial charge < -0.3 is 15.8 Å². The molecule has 1 fully saturated rings. The van der Waals surface area contributed by atoms with Gasteiger partial charge in [-0.25, -0.2) is 0 Å². The number of nitrogens with two attached hydrogens (primary N) is 1. The van der Waals surface area contributed by atoms with E-state index < -0.39 is 6.04 Å². The van der Waals surface area contributed by atoms with Gasteiger partial charge in [-0.3, -0.25) is 9.69 Å². The lowest BCUT2D eigenvalue weighted by Gasteiger charge is -2.26. The van der Waals surface area contributed by atoms with Crippen LogP contribution >= 0.6 is 0 Å². The first kappa shape index (κ1) is 17.6. The molecule has 1 aliphatic heterocycles. The van der Waals surface area contributed by atoms with Crippen molar-refractivity contribution >= 4 is 11.6 Å². The van der Waals surface area contributed by atoms with Crippen molar-refractivity contribution in [1.29, 1.82) is 0 Å². The van der Waals surface area contributed by atoms with Crippen LogP contribution in [-0.4, -0.2) is 43.7 Å². The second-order valence-corrected chi connectivity index (χ2v) is 6.28. The zero-order chi connectivity index (χ0) is 17.5. The van der Waals surface area contributed by atoms with Crippen LogP contribution in [0.15, 0.2) is 54.6 Å². The van der Waals surface area contributed by atoms with E-state index in [4.69, 9.17) is 10.5 Å². The molecule has 2 aromatic rings. The summed E-state index contributed by atoms with van der Waals surface area (Å²) < 4.78 is 5.36. The van der Waals surface area contributed by atoms with E-state index in [1.54, 1.807) is 0 Å². The Morgan fingerprint density at radius 3 is 2.44 bits per heavy atom. The van der Waals surface area contributed by atoms with Crippen molar-refractivity contribution in [2.45, 2.75) is 12.5 Å². The van der Waals surface area contributed by atoms with E-state index >= 15 is 0 Å². The Hall–Kier alpha value is -2.21. The first-order chi connectivity index (χ1) is 12.2. The molecule has 1 aliphatic rings. The number of anilines is 1. The van der Waals surface area contributed by atoms with Crippen LogP contribution < -0.4 is 11.1 Å². The molecule has 0 aliphatic carbocycles. The third-order valence-electron chi connectivity index (χ3n) is 4.48. The Morgan fingerprint density at radius 1 is 1.08 bits per heavy atom. The van der Waals surface area contributed by atoms with Crippen molar-refractivity contribution in [3.05, 3.63) is 65.7 Å². The van der Waals surface area contributed by atoms with Gasteiger partial charge in [-0.05, 0) is 29.7 Å². The summed E-state index contributed by atoms with van der Waals surface area (Å²) in [5, 5.41) is 2.88. The fourth-order valence-corrected chi connectivity index (χ4v) is 2.90. The summed E-state index contributed by atoms with van der Waals surface area (Å²) in [7, 11) is 0. The van der Waals surface area contributed by atoms with E-state index in [2.05, 4.69) is 22.3 Å². The van der Waals surface area contributed by atoms with Crippen LogP contribution in [0.4, 0.5) is 5.69 Å². The van der Waals surface area contributed by atoms with E-state index in [0.29, 0.717) is 0 Å². The van der Waals surface area contributed by atoms with E-state index in [9.17, 15) is 4.79 Å². The number of amides is 1.